The highest BCUT2D eigenvalue weighted by Crippen LogP contribution is 2.35. The van der Waals surface area contributed by atoms with Crippen LogP contribution in [-0.4, -0.2) is 31.8 Å². The van der Waals surface area contributed by atoms with E-state index in [0.29, 0.717) is 42.0 Å². The highest BCUT2D eigenvalue weighted by molar-refractivity contribution is 5.95. The molecule has 2 rings (SSSR count). The number of hydrogen-bond acceptors (Lipinski definition) is 3. The Morgan fingerprint density at radius 3 is 1.68 bits per heavy atom. The molecule has 3 amide bonds. The molecule has 1 aromatic carbocycles. The number of carbonyl (C=O) groups is 3. The molecule has 1 aromatic rings. The second-order valence-corrected chi connectivity index (χ2v) is 12.7. The van der Waals surface area contributed by atoms with Crippen LogP contribution < -0.4 is 15.1 Å². The smallest absolute Gasteiger partial charge is 0.227 e. The quantitative estimate of drug-likeness (QED) is 0.442. The van der Waals surface area contributed by atoms with Crippen molar-refractivity contribution in [1.29, 1.82) is 0 Å². The van der Waals surface area contributed by atoms with Crippen LogP contribution in [0.15, 0.2) is 18.2 Å². The van der Waals surface area contributed by atoms with Crippen LogP contribution in [0.2, 0.25) is 0 Å². The first kappa shape index (κ1) is 27.9. The zero-order valence-corrected chi connectivity index (χ0v) is 22.5. The van der Waals surface area contributed by atoms with Gasteiger partial charge in [-0.05, 0) is 66.5 Å². The van der Waals surface area contributed by atoms with Crippen LogP contribution in [0.25, 0.3) is 0 Å². The zero-order valence-electron chi connectivity index (χ0n) is 22.5. The fourth-order valence-corrected chi connectivity index (χ4v) is 4.69. The van der Waals surface area contributed by atoms with E-state index in [4.69, 9.17) is 0 Å². The SMILES string of the molecule is CC(C)[C@H]1CC[C@@H](C(=O)Nc2cc(N(C=O)CC(C)(C)C)cc(N(C=O)CC(C)(C)C)c2)CC1. The molecule has 0 aromatic heterocycles. The van der Waals surface area contributed by atoms with Crippen molar-refractivity contribution in [2.24, 2.45) is 28.6 Å². The molecule has 6 heteroatoms. The number of rotatable bonds is 9. The van der Waals surface area contributed by atoms with E-state index in [2.05, 4.69) is 60.7 Å². The predicted molar refractivity (Wildman–Crippen MR) is 141 cm³/mol. The van der Waals surface area contributed by atoms with Crippen molar-refractivity contribution in [3.8, 4) is 0 Å². The number of nitrogens with zero attached hydrogens (tertiary/aromatic N) is 2. The first-order valence-corrected chi connectivity index (χ1v) is 12.6. The largest absolute Gasteiger partial charge is 0.326 e. The molecule has 190 valence electrons. The standard InChI is InChI=1S/C28H45N3O3/c1-20(2)21-9-11-22(12-10-21)26(34)29-23-13-24(30(18-32)16-27(3,4)5)15-25(14-23)31(19-33)17-28(6,7)8/h13-15,18-22H,9-12,16-17H2,1-8H3,(H,29,34)/t21-,22+. The molecule has 1 fully saturated rings. The lowest BCUT2D eigenvalue weighted by Gasteiger charge is -2.31. The zero-order chi connectivity index (χ0) is 25.7. The Bertz CT molecular complexity index is 797. The minimum atomic E-state index is -0.106. The molecule has 0 spiro atoms. The topological polar surface area (TPSA) is 69.7 Å². The highest BCUT2D eigenvalue weighted by Gasteiger charge is 2.28. The number of anilines is 3. The number of nitrogens with one attached hydrogen (secondary N) is 1. The molecule has 1 aliphatic rings. The Labute approximate surface area is 206 Å². The molecule has 0 heterocycles. The van der Waals surface area contributed by atoms with E-state index >= 15 is 0 Å². The van der Waals surface area contributed by atoms with Crippen molar-refractivity contribution in [1.82, 2.24) is 0 Å². The maximum Gasteiger partial charge on any atom is 0.227 e. The van der Waals surface area contributed by atoms with Gasteiger partial charge in [0.1, 0.15) is 0 Å². The van der Waals surface area contributed by atoms with Gasteiger partial charge in [-0.15, -0.1) is 0 Å². The van der Waals surface area contributed by atoms with Crippen molar-refractivity contribution >= 4 is 35.8 Å². The first-order valence-electron chi connectivity index (χ1n) is 12.6. The van der Waals surface area contributed by atoms with Gasteiger partial charge in [-0.2, -0.15) is 0 Å². The summed E-state index contributed by atoms with van der Waals surface area (Å²) in [5.74, 6) is 1.36. The molecule has 0 saturated heterocycles. The Morgan fingerprint density at radius 1 is 0.882 bits per heavy atom. The Morgan fingerprint density at radius 2 is 1.32 bits per heavy atom. The normalized spacial score (nSPS) is 19.0. The highest BCUT2D eigenvalue weighted by atomic mass is 16.2. The molecule has 1 saturated carbocycles. The molecule has 0 aliphatic heterocycles. The molecule has 0 radical (unpaired) electrons. The van der Waals surface area contributed by atoms with E-state index in [-0.39, 0.29) is 22.7 Å². The summed E-state index contributed by atoms with van der Waals surface area (Å²) in [4.78, 5) is 40.4. The van der Waals surface area contributed by atoms with Crippen LogP contribution in [0.5, 0.6) is 0 Å². The first-order chi connectivity index (χ1) is 15.7. The number of benzene rings is 1. The van der Waals surface area contributed by atoms with E-state index in [1.54, 1.807) is 9.80 Å². The minimum Gasteiger partial charge on any atom is -0.326 e. The average molecular weight is 472 g/mol. The van der Waals surface area contributed by atoms with Gasteiger partial charge < -0.3 is 15.1 Å². The maximum absolute atomic E-state index is 13.1. The summed E-state index contributed by atoms with van der Waals surface area (Å²) < 4.78 is 0. The van der Waals surface area contributed by atoms with Crippen molar-refractivity contribution < 1.29 is 14.4 Å². The second-order valence-electron chi connectivity index (χ2n) is 12.7. The van der Waals surface area contributed by atoms with E-state index in [1.165, 1.54) is 0 Å². The third kappa shape index (κ3) is 8.44. The van der Waals surface area contributed by atoms with Crippen LogP contribution in [0.1, 0.15) is 81.1 Å². The molecular weight excluding hydrogens is 426 g/mol. The van der Waals surface area contributed by atoms with Crippen LogP contribution >= 0.6 is 0 Å². The van der Waals surface area contributed by atoms with Crippen LogP contribution in [-0.2, 0) is 14.4 Å². The molecule has 0 unspecified atom stereocenters. The number of hydrogen-bond donors (Lipinski definition) is 1. The second kappa shape index (κ2) is 11.4. The van der Waals surface area contributed by atoms with Crippen molar-refractivity contribution in [3.63, 3.8) is 0 Å². The molecular formula is C28H45N3O3. The van der Waals surface area contributed by atoms with Gasteiger partial charge in [0, 0.05) is 36.1 Å². The summed E-state index contributed by atoms with van der Waals surface area (Å²) >= 11 is 0. The lowest BCUT2D eigenvalue weighted by molar-refractivity contribution is -0.121. The summed E-state index contributed by atoms with van der Waals surface area (Å²) in [7, 11) is 0. The van der Waals surface area contributed by atoms with Gasteiger partial charge >= 0.3 is 0 Å². The molecule has 0 atom stereocenters. The van der Waals surface area contributed by atoms with Gasteiger partial charge in [-0.3, -0.25) is 14.4 Å². The summed E-state index contributed by atoms with van der Waals surface area (Å²) in [5, 5.41) is 3.10. The van der Waals surface area contributed by atoms with E-state index in [1.807, 2.05) is 18.2 Å². The van der Waals surface area contributed by atoms with Gasteiger partial charge in [0.2, 0.25) is 18.7 Å². The van der Waals surface area contributed by atoms with Gasteiger partial charge in [-0.1, -0.05) is 55.4 Å². The van der Waals surface area contributed by atoms with Crippen molar-refractivity contribution in [3.05, 3.63) is 18.2 Å². The van der Waals surface area contributed by atoms with E-state index < -0.39 is 0 Å². The summed E-state index contributed by atoms with van der Waals surface area (Å²) in [6, 6.07) is 5.52. The summed E-state index contributed by atoms with van der Waals surface area (Å²) in [6.07, 6.45) is 5.59. The summed E-state index contributed by atoms with van der Waals surface area (Å²) in [6.45, 7) is 18.0. The minimum absolute atomic E-state index is 0.00407. The van der Waals surface area contributed by atoms with Gasteiger partial charge in [-0.25, -0.2) is 0 Å². The van der Waals surface area contributed by atoms with E-state index in [0.717, 1.165) is 38.5 Å². The monoisotopic (exact) mass is 471 g/mol. The third-order valence-electron chi connectivity index (χ3n) is 6.46. The third-order valence-corrected chi connectivity index (χ3v) is 6.46. The van der Waals surface area contributed by atoms with Crippen molar-refractivity contribution in [2.75, 3.05) is 28.2 Å². The maximum atomic E-state index is 13.1. The molecule has 1 N–H and O–H groups in total. The molecule has 1 aliphatic carbocycles. The van der Waals surface area contributed by atoms with Gasteiger partial charge in [0.25, 0.3) is 0 Å². The fourth-order valence-electron chi connectivity index (χ4n) is 4.69. The summed E-state index contributed by atoms with van der Waals surface area (Å²) in [5.41, 5.74) is 1.74. The van der Waals surface area contributed by atoms with Crippen LogP contribution in [0, 0.1) is 28.6 Å². The predicted octanol–water partition coefficient (Wildman–Crippen LogP) is 6.11. The van der Waals surface area contributed by atoms with Crippen LogP contribution in [0.4, 0.5) is 17.1 Å². The Hall–Kier alpha value is -2.37. The molecule has 6 nitrogen and oxygen atoms in total. The lowest BCUT2D eigenvalue weighted by atomic mass is 9.76. The fraction of sp³-hybridized carbons (Fsp3) is 0.679. The van der Waals surface area contributed by atoms with Gasteiger partial charge in [0.05, 0.1) is 0 Å². The number of amides is 3. The molecule has 0 bridgehead atoms. The lowest BCUT2D eigenvalue weighted by Crippen LogP contribution is -2.33. The number of carbonyl (C=O) groups excluding carboxylic acids is 3. The van der Waals surface area contributed by atoms with Crippen LogP contribution in [0.3, 0.4) is 0 Å². The van der Waals surface area contributed by atoms with E-state index in [9.17, 15) is 14.4 Å². The Balaban J connectivity index is 2.35. The van der Waals surface area contributed by atoms with Gasteiger partial charge in [0.15, 0.2) is 0 Å². The Kier molecular flexibility index (Phi) is 9.32. The van der Waals surface area contributed by atoms with Crippen molar-refractivity contribution in [2.45, 2.75) is 81.1 Å². The molecule has 34 heavy (non-hydrogen) atoms. The average Bonchev–Trinajstić information content (AvgIpc) is 2.74.